The molecular formula is C34H54N4O4. The van der Waals surface area contributed by atoms with Gasteiger partial charge >= 0.3 is 12.1 Å². The maximum atomic E-state index is 12.2. The molecule has 0 atom stereocenters. The fourth-order valence-corrected chi connectivity index (χ4v) is 4.42. The molecule has 4 amide bonds. The first-order valence-electron chi connectivity index (χ1n) is 16.2. The number of ether oxygens (including phenoxy) is 2. The van der Waals surface area contributed by atoms with Crippen LogP contribution in [0.3, 0.4) is 0 Å². The van der Waals surface area contributed by atoms with E-state index in [2.05, 4.69) is 35.1 Å². The largest absolute Gasteiger partial charge is 0.494 e. The van der Waals surface area contributed by atoms with Crippen LogP contribution in [0.2, 0.25) is 0 Å². The zero-order chi connectivity index (χ0) is 30.1. The highest BCUT2D eigenvalue weighted by Gasteiger charge is 2.04. The topological polar surface area (TPSA) is 101 Å². The van der Waals surface area contributed by atoms with Crippen molar-refractivity contribution in [2.24, 2.45) is 0 Å². The first-order valence-corrected chi connectivity index (χ1v) is 16.2. The molecule has 0 saturated heterocycles. The second-order valence-corrected chi connectivity index (χ2v) is 10.8. The number of carbonyl (C=O) groups is 2. The Morgan fingerprint density at radius 1 is 0.500 bits per heavy atom. The predicted octanol–water partition coefficient (Wildman–Crippen LogP) is 8.89. The monoisotopic (exact) mass is 582 g/mol. The van der Waals surface area contributed by atoms with Crippen molar-refractivity contribution < 1.29 is 19.1 Å². The second-order valence-electron chi connectivity index (χ2n) is 10.8. The molecule has 42 heavy (non-hydrogen) atoms. The quantitative estimate of drug-likeness (QED) is 0.0983. The average Bonchev–Trinajstić information content (AvgIpc) is 2.99. The van der Waals surface area contributed by atoms with E-state index in [1.54, 1.807) is 0 Å². The highest BCUT2D eigenvalue weighted by molar-refractivity contribution is 5.89. The van der Waals surface area contributed by atoms with E-state index in [1.165, 1.54) is 64.2 Å². The normalized spacial score (nSPS) is 10.6. The van der Waals surface area contributed by atoms with Gasteiger partial charge in [-0.05, 0) is 74.2 Å². The van der Waals surface area contributed by atoms with E-state index in [-0.39, 0.29) is 12.1 Å². The molecule has 4 N–H and O–H groups in total. The Bertz CT molecular complexity index is 887. The summed E-state index contributed by atoms with van der Waals surface area (Å²) >= 11 is 0. The van der Waals surface area contributed by atoms with Gasteiger partial charge in [-0.15, -0.1) is 0 Å². The summed E-state index contributed by atoms with van der Waals surface area (Å²) in [5.74, 6) is 1.63. The van der Waals surface area contributed by atoms with E-state index >= 15 is 0 Å². The third-order valence-corrected chi connectivity index (χ3v) is 6.93. The Balaban J connectivity index is 1.47. The van der Waals surface area contributed by atoms with Gasteiger partial charge in [0, 0.05) is 24.5 Å². The van der Waals surface area contributed by atoms with E-state index in [0.717, 1.165) is 61.8 Å². The van der Waals surface area contributed by atoms with Crippen molar-refractivity contribution in [3.05, 3.63) is 48.5 Å². The summed E-state index contributed by atoms with van der Waals surface area (Å²) in [4.78, 5) is 24.3. The fraction of sp³-hybridized carbons (Fsp3) is 0.588. The standard InChI is InChI=1S/C34H54N4O4/c1-3-5-7-9-11-15-27-41-31-21-17-29(18-22-31)37-33(39)35-25-13-14-26-36-34(40)38-30-19-23-32(24-20-30)42-28-16-12-10-8-6-4-2/h17-24H,3-16,25-28H2,1-2H3,(H2,35,37,39)(H2,36,38,40). The van der Waals surface area contributed by atoms with Crippen LogP contribution in [0.15, 0.2) is 48.5 Å². The molecule has 8 heteroatoms. The molecule has 234 valence electrons. The molecule has 8 nitrogen and oxygen atoms in total. The van der Waals surface area contributed by atoms with Gasteiger partial charge in [0.1, 0.15) is 11.5 Å². The summed E-state index contributed by atoms with van der Waals surface area (Å²) in [6, 6.07) is 14.4. The minimum Gasteiger partial charge on any atom is -0.494 e. The van der Waals surface area contributed by atoms with Crippen LogP contribution in [-0.4, -0.2) is 38.4 Å². The molecule has 0 fully saturated rings. The van der Waals surface area contributed by atoms with Gasteiger partial charge in [-0.1, -0.05) is 78.1 Å². The van der Waals surface area contributed by atoms with Crippen LogP contribution < -0.4 is 30.7 Å². The molecule has 0 saturated carbocycles. The van der Waals surface area contributed by atoms with Crippen molar-refractivity contribution in [2.45, 2.75) is 104 Å². The van der Waals surface area contributed by atoms with E-state index < -0.39 is 0 Å². The van der Waals surface area contributed by atoms with E-state index in [4.69, 9.17) is 9.47 Å². The lowest BCUT2D eigenvalue weighted by atomic mass is 10.1. The van der Waals surface area contributed by atoms with Crippen LogP contribution in [0.1, 0.15) is 104 Å². The summed E-state index contributed by atoms with van der Waals surface area (Å²) in [6.07, 6.45) is 16.3. The van der Waals surface area contributed by atoms with Crippen molar-refractivity contribution >= 4 is 23.4 Å². The maximum absolute atomic E-state index is 12.2. The molecule has 0 bridgehead atoms. The summed E-state index contributed by atoms with van der Waals surface area (Å²) in [5.41, 5.74) is 1.44. The molecule has 0 aliphatic carbocycles. The minimum absolute atomic E-state index is 0.249. The molecule has 0 aliphatic rings. The molecule has 0 aliphatic heterocycles. The maximum Gasteiger partial charge on any atom is 0.319 e. The number of nitrogens with one attached hydrogen (secondary N) is 4. The number of urea groups is 2. The summed E-state index contributed by atoms with van der Waals surface area (Å²) in [5, 5.41) is 11.4. The molecule has 2 aromatic rings. The van der Waals surface area contributed by atoms with Gasteiger partial charge in [-0.25, -0.2) is 9.59 Å². The molecule has 0 unspecified atom stereocenters. The average molecular weight is 583 g/mol. The van der Waals surface area contributed by atoms with Crippen LogP contribution >= 0.6 is 0 Å². The number of rotatable bonds is 23. The molecule has 0 aromatic heterocycles. The number of anilines is 2. The van der Waals surface area contributed by atoms with E-state index in [1.807, 2.05) is 48.5 Å². The highest BCUT2D eigenvalue weighted by atomic mass is 16.5. The highest BCUT2D eigenvalue weighted by Crippen LogP contribution is 2.17. The van der Waals surface area contributed by atoms with Gasteiger partial charge in [0.15, 0.2) is 0 Å². The van der Waals surface area contributed by atoms with Gasteiger partial charge in [0.2, 0.25) is 0 Å². The first-order chi connectivity index (χ1) is 20.6. The van der Waals surface area contributed by atoms with Crippen LogP contribution in [-0.2, 0) is 0 Å². The van der Waals surface area contributed by atoms with Crippen molar-refractivity contribution in [1.29, 1.82) is 0 Å². The fourth-order valence-electron chi connectivity index (χ4n) is 4.42. The number of amides is 4. The van der Waals surface area contributed by atoms with Gasteiger partial charge < -0.3 is 30.7 Å². The zero-order valence-electron chi connectivity index (χ0n) is 26.0. The smallest absolute Gasteiger partial charge is 0.319 e. The molecule has 0 radical (unpaired) electrons. The number of carbonyl (C=O) groups excluding carboxylic acids is 2. The minimum atomic E-state index is -0.249. The Morgan fingerprint density at radius 2 is 0.857 bits per heavy atom. The van der Waals surface area contributed by atoms with Gasteiger partial charge in [0.25, 0.3) is 0 Å². The molecular weight excluding hydrogens is 528 g/mol. The van der Waals surface area contributed by atoms with Crippen LogP contribution in [0.5, 0.6) is 11.5 Å². The molecule has 0 spiro atoms. The third kappa shape index (κ3) is 17.4. The lowest BCUT2D eigenvalue weighted by molar-refractivity contribution is 0.250. The van der Waals surface area contributed by atoms with Crippen LogP contribution in [0.25, 0.3) is 0 Å². The number of hydrogen-bond donors (Lipinski definition) is 4. The van der Waals surface area contributed by atoms with Gasteiger partial charge in [0.05, 0.1) is 13.2 Å². The Morgan fingerprint density at radius 3 is 1.24 bits per heavy atom. The van der Waals surface area contributed by atoms with Gasteiger partial charge in [-0.2, -0.15) is 0 Å². The Hall–Kier alpha value is -3.42. The zero-order valence-corrected chi connectivity index (χ0v) is 26.0. The Labute approximate surface area is 253 Å². The van der Waals surface area contributed by atoms with E-state index in [0.29, 0.717) is 13.1 Å². The lowest BCUT2D eigenvalue weighted by Gasteiger charge is -2.10. The Kier molecular flexibility index (Phi) is 19.2. The summed E-state index contributed by atoms with van der Waals surface area (Å²) in [6.45, 7) is 6.94. The number of hydrogen-bond acceptors (Lipinski definition) is 4. The molecule has 2 rings (SSSR count). The van der Waals surface area contributed by atoms with Crippen molar-refractivity contribution in [2.75, 3.05) is 36.9 Å². The lowest BCUT2D eigenvalue weighted by Crippen LogP contribution is -2.31. The van der Waals surface area contributed by atoms with Gasteiger partial charge in [-0.3, -0.25) is 0 Å². The van der Waals surface area contributed by atoms with E-state index in [9.17, 15) is 9.59 Å². The number of benzene rings is 2. The van der Waals surface area contributed by atoms with Crippen LogP contribution in [0.4, 0.5) is 21.0 Å². The van der Waals surface area contributed by atoms with Crippen molar-refractivity contribution in [3.8, 4) is 11.5 Å². The number of unbranched alkanes of at least 4 members (excludes halogenated alkanes) is 11. The molecule has 0 heterocycles. The first kappa shape index (κ1) is 34.8. The predicted molar refractivity (Wildman–Crippen MR) is 174 cm³/mol. The summed E-state index contributed by atoms with van der Waals surface area (Å²) in [7, 11) is 0. The third-order valence-electron chi connectivity index (χ3n) is 6.93. The second kappa shape index (κ2) is 23.2. The SMILES string of the molecule is CCCCCCCCOc1ccc(NC(=O)NCCCCNC(=O)Nc2ccc(OCCCCCCCC)cc2)cc1. The van der Waals surface area contributed by atoms with Crippen molar-refractivity contribution in [3.63, 3.8) is 0 Å². The van der Waals surface area contributed by atoms with Crippen LogP contribution in [0, 0.1) is 0 Å². The molecule has 2 aromatic carbocycles. The van der Waals surface area contributed by atoms with Crippen molar-refractivity contribution in [1.82, 2.24) is 10.6 Å². The summed E-state index contributed by atoms with van der Waals surface area (Å²) < 4.78 is 11.6.